The largest absolute Gasteiger partial charge is 0.483 e. The Morgan fingerprint density at radius 2 is 1.07 bits per heavy atom. The normalized spacial score (nSPS) is 22.3. The van der Waals surface area contributed by atoms with Crippen molar-refractivity contribution in [2.75, 3.05) is 0 Å². The van der Waals surface area contributed by atoms with Crippen LogP contribution in [0.25, 0.3) is 0 Å². The molecule has 0 atom stereocenters. The molecular formula is C11H20O2Zr. The quantitative estimate of drug-likeness (QED) is 0.747. The predicted molar refractivity (Wildman–Crippen MR) is 52.6 cm³/mol. The third kappa shape index (κ3) is 4.73. The van der Waals surface area contributed by atoms with E-state index in [1.54, 1.807) is 25.7 Å². The molecule has 0 spiro atoms. The zero-order valence-corrected chi connectivity index (χ0v) is 11.2. The molecule has 0 aliphatic heterocycles. The molecule has 0 bridgehead atoms. The van der Waals surface area contributed by atoms with Crippen LogP contribution in [0.15, 0.2) is 0 Å². The van der Waals surface area contributed by atoms with Crippen LogP contribution < -0.4 is 0 Å². The van der Waals surface area contributed by atoms with Crippen LogP contribution in [-0.2, 0) is 31.0 Å². The molecule has 2 rings (SSSR count). The summed E-state index contributed by atoms with van der Waals surface area (Å²) >= 11 is 0. The third-order valence-electron chi connectivity index (χ3n) is 3.47. The molecule has 0 saturated heterocycles. The Bertz CT molecular complexity index is 124. The smallest absolute Gasteiger partial charge is 0.290 e. The van der Waals surface area contributed by atoms with Gasteiger partial charge in [-0.15, -0.1) is 0 Å². The Hall–Kier alpha value is 0.353. The minimum atomic E-state index is -0.250. The molecule has 2 saturated carbocycles. The fourth-order valence-electron chi connectivity index (χ4n) is 2.86. The van der Waals surface area contributed by atoms with Gasteiger partial charge in [-0.05, 0) is 11.8 Å². The summed E-state index contributed by atoms with van der Waals surface area (Å²) < 4.78 is 0. The predicted octanol–water partition coefficient (Wildman–Crippen LogP) is 3.07. The van der Waals surface area contributed by atoms with Gasteiger partial charge in [0, 0.05) is 26.2 Å². The number of rotatable bonds is 1. The molecule has 0 radical (unpaired) electrons. The fraction of sp³-hybridized carbons (Fsp3) is 0.909. The van der Waals surface area contributed by atoms with E-state index in [9.17, 15) is 0 Å². The van der Waals surface area contributed by atoms with E-state index in [0.717, 1.165) is 11.8 Å². The topological polar surface area (TPSA) is 37.3 Å². The molecule has 2 aliphatic carbocycles. The number of hydrogen-bond acceptors (Lipinski definition) is 1. The van der Waals surface area contributed by atoms with Gasteiger partial charge < -0.3 is 5.11 Å². The van der Waals surface area contributed by atoms with Gasteiger partial charge in [-0.3, -0.25) is 4.79 Å². The van der Waals surface area contributed by atoms with E-state index in [1.165, 1.54) is 25.7 Å². The maximum absolute atomic E-state index is 8.36. The van der Waals surface area contributed by atoms with Crippen LogP contribution in [0.5, 0.6) is 0 Å². The molecule has 80 valence electrons. The van der Waals surface area contributed by atoms with E-state index < -0.39 is 0 Å². The summed E-state index contributed by atoms with van der Waals surface area (Å²) in [4.78, 5) is 8.36. The zero-order valence-electron chi connectivity index (χ0n) is 8.74. The molecule has 2 nitrogen and oxygen atoms in total. The standard InChI is InChI=1S/C10H18.CH2O2.Zr/c1-2-6-9(5-1)10-7-3-4-8-10;2-1-3;/h9-10H,1-8H2;1H,(H,2,3);. The van der Waals surface area contributed by atoms with Gasteiger partial charge in [0.1, 0.15) is 0 Å². The van der Waals surface area contributed by atoms with Gasteiger partial charge in [0.25, 0.3) is 6.47 Å². The molecule has 3 heteroatoms. The van der Waals surface area contributed by atoms with Crippen molar-refractivity contribution in [1.29, 1.82) is 0 Å². The SMILES string of the molecule is C1CCC(C2CCCC2)C1.O=CO.[Zr]. The van der Waals surface area contributed by atoms with Crippen molar-refractivity contribution >= 4 is 6.47 Å². The van der Waals surface area contributed by atoms with Crippen LogP contribution in [-0.4, -0.2) is 11.6 Å². The molecule has 0 aromatic heterocycles. The molecule has 0 aromatic carbocycles. The third-order valence-corrected chi connectivity index (χ3v) is 3.47. The van der Waals surface area contributed by atoms with Crippen LogP contribution in [0.3, 0.4) is 0 Å². The Kier molecular flexibility index (Phi) is 8.86. The first-order valence-electron chi connectivity index (χ1n) is 5.46. The van der Waals surface area contributed by atoms with Crippen molar-refractivity contribution in [1.82, 2.24) is 0 Å². The van der Waals surface area contributed by atoms with E-state index in [4.69, 9.17) is 9.90 Å². The van der Waals surface area contributed by atoms with E-state index >= 15 is 0 Å². The molecule has 2 fully saturated rings. The van der Waals surface area contributed by atoms with Crippen molar-refractivity contribution in [3.05, 3.63) is 0 Å². The van der Waals surface area contributed by atoms with E-state index in [1.807, 2.05) is 0 Å². The van der Waals surface area contributed by atoms with Crippen LogP contribution in [0.1, 0.15) is 51.4 Å². The van der Waals surface area contributed by atoms with Crippen molar-refractivity contribution in [3.8, 4) is 0 Å². The van der Waals surface area contributed by atoms with Gasteiger partial charge in [-0.2, -0.15) is 0 Å². The first-order chi connectivity index (χ1) is 6.38. The molecule has 0 unspecified atom stereocenters. The monoisotopic (exact) mass is 274 g/mol. The summed E-state index contributed by atoms with van der Waals surface area (Å²) in [5.74, 6) is 2.31. The minimum absolute atomic E-state index is 0. The maximum Gasteiger partial charge on any atom is 0.290 e. The molecule has 14 heavy (non-hydrogen) atoms. The Labute approximate surface area is 106 Å². The number of carbonyl (C=O) groups is 1. The van der Waals surface area contributed by atoms with Crippen molar-refractivity contribution in [2.45, 2.75) is 51.4 Å². The average Bonchev–Trinajstić information content (AvgIpc) is 2.78. The Morgan fingerprint density at radius 3 is 1.29 bits per heavy atom. The van der Waals surface area contributed by atoms with Gasteiger partial charge >= 0.3 is 0 Å². The second-order valence-corrected chi connectivity index (χ2v) is 4.19. The first kappa shape index (κ1) is 14.4. The van der Waals surface area contributed by atoms with Crippen LogP contribution in [0, 0.1) is 11.8 Å². The Morgan fingerprint density at radius 1 is 0.857 bits per heavy atom. The molecule has 0 aromatic rings. The molecule has 2 aliphatic rings. The van der Waals surface area contributed by atoms with E-state index in [-0.39, 0.29) is 32.7 Å². The molecular weight excluding hydrogens is 255 g/mol. The fourth-order valence-corrected chi connectivity index (χ4v) is 2.86. The second kappa shape index (κ2) is 8.64. The summed E-state index contributed by atoms with van der Waals surface area (Å²) in [6, 6.07) is 0. The van der Waals surface area contributed by atoms with Gasteiger partial charge in [-0.25, -0.2) is 0 Å². The summed E-state index contributed by atoms with van der Waals surface area (Å²) in [5.41, 5.74) is 0. The Balaban J connectivity index is 0.000000381. The summed E-state index contributed by atoms with van der Waals surface area (Å²) in [7, 11) is 0. The van der Waals surface area contributed by atoms with Crippen molar-refractivity contribution in [3.63, 3.8) is 0 Å². The van der Waals surface area contributed by atoms with E-state index in [0.29, 0.717) is 0 Å². The van der Waals surface area contributed by atoms with Crippen molar-refractivity contribution < 1.29 is 36.1 Å². The number of hydrogen-bond donors (Lipinski definition) is 1. The number of carboxylic acid groups (broad SMARTS) is 1. The van der Waals surface area contributed by atoms with Gasteiger partial charge in [0.05, 0.1) is 0 Å². The van der Waals surface area contributed by atoms with Crippen molar-refractivity contribution in [2.24, 2.45) is 11.8 Å². The maximum atomic E-state index is 8.36. The summed E-state index contributed by atoms with van der Waals surface area (Å²) in [5, 5.41) is 6.89. The molecule has 1 N–H and O–H groups in total. The average molecular weight is 276 g/mol. The summed E-state index contributed by atoms with van der Waals surface area (Å²) in [6.07, 6.45) is 12.4. The minimum Gasteiger partial charge on any atom is -0.483 e. The summed E-state index contributed by atoms with van der Waals surface area (Å²) in [6.45, 7) is -0.250. The van der Waals surface area contributed by atoms with Crippen LogP contribution in [0.4, 0.5) is 0 Å². The first-order valence-corrected chi connectivity index (χ1v) is 5.46. The van der Waals surface area contributed by atoms with E-state index in [2.05, 4.69) is 0 Å². The second-order valence-electron chi connectivity index (χ2n) is 4.19. The van der Waals surface area contributed by atoms with Gasteiger partial charge in [0.15, 0.2) is 0 Å². The molecule has 0 heterocycles. The zero-order chi connectivity index (χ0) is 9.52. The van der Waals surface area contributed by atoms with Crippen LogP contribution >= 0.6 is 0 Å². The van der Waals surface area contributed by atoms with Crippen LogP contribution in [0.2, 0.25) is 0 Å². The molecule has 0 amide bonds. The van der Waals surface area contributed by atoms with Gasteiger partial charge in [0.2, 0.25) is 0 Å². The van der Waals surface area contributed by atoms with Gasteiger partial charge in [-0.1, -0.05) is 51.4 Å².